The Morgan fingerprint density at radius 1 is 1.09 bits per heavy atom. The van der Waals surface area contributed by atoms with Crippen molar-refractivity contribution in [2.24, 2.45) is 10.3 Å². The summed E-state index contributed by atoms with van der Waals surface area (Å²) in [4.78, 5) is 2.19. The number of rotatable bonds is 5. The van der Waals surface area contributed by atoms with Crippen LogP contribution >= 0.6 is 0 Å². The van der Waals surface area contributed by atoms with E-state index in [-0.39, 0.29) is 10.6 Å². The number of nitrogens with one attached hydrogen (secondary N) is 1. The molecule has 0 amide bonds. The third kappa shape index (κ3) is 3.92. The number of hydrazone groups is 1. The largest absolute Gasteiger partial charge is 0.410 e. The van der Waals surface area contributed by atoms with Crippen molar-refractivity contribution in [1.29, 1.82) is 0 Å². The van der Waals surface area contributed by atoms with Crippen molar-refractivity contribution in [3.8, 4) is 0 Å². The lowest BCUT2D eigenvalue weighted by Crippen LogP contribution is -2.19. The van der Waals surface area contributed by atoms with E-state index in [1.54, 1.807) is 36.4 Å². The first-order chi connectivity index (χ1) is 10.5. The molecule has 0 aromatic heterocycles. The van der Waals surface area contributed by atoms with Gasteiger partial charge < -0.3 is 5.21 Å². The number of hydrogen-bond acceptors (Lipinski definition) is 5. The number of hydrogen-bond donors (Lipinski definition) is 2. The first kappa shape index (κ1) is 15.7. The molecule has 0 aliphatic carbocycles. The molecule has 6 nitrogen and oxygen atoms in total. The van der Waals surface area contributed by atoms with E-state index in [0.29, 0.717) is 5.56 Å². The summed E-state index contributed by atoms with van der Waals surface area (Å²) in [5.41, 5.74) is 1.72. The molecule has 2 rings (SSSR count). The maximum atomic E-state index is 12.0. The van der Waals surface area contributed by atoms with Gasteiger partial charge in [0.1, 0.15) is 5.71 Å². The van der Waals surface area contributed by atoms with E-state index in [1.807, 2.05) is 13.0 Å². The zero-order chi connectivity index (χ0) is 16.0. The van der Waals surface area contributed by atoms with Gasteiger partial charge in [0.15, 0.2) is 0 Å². The topological polar surface area (TPSA) is 91.1 Å². The number of nitrogens with zero attached hydrogens (tertiary/aromatic N) is 2. The lowest BCUT2D eigenvalue weighted by molar-refractivity contribution is 0.320. The minimum Gasteiger partial charge on any atom is -0.410 e. The van der Waals surface area contributed by atoms with Crippen LogP contribution in [0.3, 0.4) is 0 Å². The number of sulfonamides is 1. The van der Waals surface area contributed by atoms with Gasteiger partial charge in [0.2, 0.25) is 0 Å². The molecule has 0 atom stereocenters. The SMILES string of the molecule is Cc1ccc(S(=O)(=O)N/N=C\C(=N\O)c2ccccc2)cc1. The summed E-state index contributed by atoms with van der Waals surface area (Å²) in [6.45, 7) is 1.87. The first-order valence-corrected chi connectivity index (χ1v) is 7.90. The maximum absolute atomic E-state index is 12.0. The van der Waals surface area contributed by atoms with E-state index in [2.05, 4.69) is 15.1 Å². The highest BCUT2D eigenvalue weighted by atomic mass is 32.2. The summed E-state index contributed by atoms with van der Waals surface area (Å²) in [7, 11) is -3.75. The van der Waals surface area contributed by atoms with Crippen molar-refractivity contribution in [1.82, 2.24) is 4.83 Å². The van der Waals surface area contributed by atoms with E-state index in [0.717, 1.165) is 11.8 Å². The molecule has 0 heterocycles. The Morgan fingerprint density at radius 3 is 2.32 bits per heavy atom. The lowest BCUT2D eigenvalue weighted by atomic mass is 10.1. The van der Waals surface area contributed by atoms with Gasteiger partial charge in [-0.2, -0.15) is 13.5 Å². The van der Waals surface area contributed by atoms with Crippen LogP contribution < -0.4 is 4.83 Å². The van der Waals surface area contributed by atoms with Crippen LogP contribution in [0.25, 0.3) is 0 Å². The smallest absolute Gasteiger partial charge is 0.276 e. The number of benzene rings is 2. The van der Waals surface area contributed by atoms with Crippen LogP contribution in [-0.4, -0.2) is 25.6 Å². The molecule has 0 saturated carbocycles. The van der Waals surface area contributed by atoms with Crippen LogP contribution in [0.2, 0.25) is 0 Å². The second-order valence-corrected chi connectivity index (χ2v) is 6.18. The van der Waals surface area contributed by atoms with Crippen LogP contribution in [0.4, 0.5) is 0 Å². The molecule has 0 aliphatic rings. The zero-order valence-electron chi connectivity index (χ0n) is 11.8. The zero-order valence-corrected chi connectivity index (χ0v) is 12.7. The van der Waals surface area contributed by atoms with Gasteiger partial charge in [-0.3, -0.25) is 0 Å². The molecule has 0 aliphatic heterocycles. The summed E-state index contributed by atoms with van der Waals surface area (Å²) in [6, 6.07) is 15.2. The van der Waals surface area contributed by atoms with Gasteiger partial charge in [-0.1, -0.05) is 53.2 Å². The third-order valence-electron chi connectivity index (χ3n) is 2.87. The van der Waals surface area contributed by atoms with E-state index >= 15 is 0 Å². The molecule has 22 heavy (non-hydrogen) atoms. The van der Waals surface area contributed by atoms with Gasteiger partial charge in [0, 0.05) is 5.56 Å². The molecule has 2 aromatic rings. The van der Waals surface area contributed by atoms with E-state index in [1.165, 1.54) is 12.1 Å². The standard InChI is InChI=1S/C15H15N3O3S/c1-12-7-9-14(10-8-12)22(20,21)18-16-11-15(17-19)13-5-3-2-4-6-13/h2-11,18-19H,1H3/b16-11-,17-15-. The Bertz CT molecular complexity index is 783. The average Bonchev–Trinajstić information content (AvgIpc) is 2.53. The third-order valence-corrected chi connectivity index (χ3v) is 4.11. The fourth-order valence-electron chi connectivity index (χ4n) is 1.69. The van der Waals surface area contributed by atoms with Crippen molar-refractivity contribution in [2.45, 2.75) is 11.8 Å². The van der Waals surface area contributed by atoms with Gasteiger partial charge in [-0.15, -0.1) is 0 Å². The van der Waals surface area contributed by atoms with Gasteiger partial charge in [-0.25, -0.2) is 4.83 Å². The second kappa shape index (κ2) is 6.86. The molecular formula is C15H15N3O3S. The Hall–Kier alpha value is -2.67. The molecule has 0 bridgehead atoms. The van der Waals surface area contributed by atoms with Crippen molar-refractivity contribution < 1.29 is 13.6 Å². The highest BCUT2D eigenvalue weighted by Gasteiger charge is 2.12. The molecule has 0 fully saturated rings. The fraction of sp³-hybridized carbons (Fsp3) is 0.0667. The number of oxime groups is 1. The Labute approximate surface area is 128 Å². The van der Waals surface area contributed by atoms with Crippen molar-refractivity contribution in [3.63, 3.8) is 0 Å². The molecule has 114 valence electrons. The van der Waals surface area contributed by atoms with Crippen LogP contribution in [0.15, 0.2) is 69.7 Å². The minimum atomic E-state index is -3.75. The van der Waals surface area contributed by atoms with Gasteiger partial charge >= 0.3 is 0 Å². The normalized spacial score (nSPS) is 12.5. The molecule has 0 spiro atoms. The predicted octanol–water partition coefficient (Wildman–Crippen LogP) is 2.14. The monoisotopic (exact) mass is 317 g/mol. The first-order valence-electron chi connectivity index (χ1n) is 6.42. The van der Waals surface area contributed by atoms with Crippen molar-refractivity contribution in [2.75, 3.05) is 0 Å². The summed E-state index contributed by atoms with van der Waals surface area (Å²) in [5.74, 6) is 0. The molecule has 0 unspecified atom stereocenters. The Kier molecular flexibility index (Phi) is 4.90. The Morgan fingerprint density at radius 2 is 1.73 bits per heavy atom. The highest BCUT2D eigenvalue weighted by molar-refractivity contribution is 7.89. The average molecular weight is 317 g/mol. The quantitative estimate of drug-likeness (QED) is 0.503. The van der Waals surface area contributed by atoms with Gasteiger partial charge in [0.05, 0.1) is 11.1 Å². The van der Waals surface area contributed by atoms with Crippen LogP contribution in [-0.2, 0) is 10.0 Å². The second-order valence-electron chi connectivity index (χ2n) is 4.52. The van der Waals surface area contributed by atoms with Gasteiger partial charge in [0.25, 0.3) is 10.0 Å². The summed E-state index contributed by atoms with van der Waals surface area (Å²) >= 11 is 0. The van der Waals surface area contributed by atoms with E-state index in [4.69, 9.17) is 5.21 Å². The maximum Gasteiger partial charge on any atom is 0.276 e. The molecule has 2 N–H and O–H groups in total. The van der Waals surface area contributed by atoms with Crippen LogP contribution in [0, 0.1) is 6.92 Å². The summed E-state index contributed by atoms with van der Waals surface area (Å²) < 4.78 is 24.0. The highest BCUT2D eigenvalue weighted by Crippen LogP contribution is 2.09. The van der Waals surface area contributed by atoms with Gasteiger partial charge in [-0.05, 0) is 19.1 Å². The van der Waals surface area contributed by atoms with Crippen molar-refractivity contribution in [3.05, 3.63) is 65.7 Å². The molecular weight excluding hydrogens is 302 g/mol. The summed E-state index contributed by atoms with van der Waals surface area (Å²) in [5, 5.41) is 15.7. The minimum absolute atomic E-state index is 0.109. The van der Waals surface area contributed by atoms with Crippen molar-refractivity contribution >= 4 is 21.9 Å². The predicted molar refractivity (Wildman–Crippen MR) is 84.8 cm³/mol. The van der Waals surface area contributed by atoms with E-state index < -0.39 is 10.0 Å². The molecule has 0 radical (unpaired) electrons. The lowest BCUT2D eigenvalue weighted by Gasteiger charge is -2.03. The van der Waals surface area contributed by atoms with Crippen LogP contribution in [0.5, 0.6) is 0 Å². The number of aryl methyl sites for hydroxylation is 1. The molecule has 7 heteroatoms. The molecule has 2 aromatic carbocycles. The Balaban J connectivity index is 2.12. The molecule has 0 saturated heterocycles. The van der Waals surface area contributed by atoms with Crippen LogP contribution in [0.1, 0.15) is 11.1 Å². The van der Waals surface area contributed by atoms with E-state index in [9.17, 15) is 8.42 Å². The summed E-state index contributed by atoms with van der Waals surface area (Å²) in [6.07, 6.45) is 1.14. The fourth-order valence-corrected chi connectivity index (χ4v) is 2.49.